The summed E-state index contributed by atoms with van der Waals surface area (Å²) in [5.41, 5.74) is 4.25. The fraction of sp³-hybridized carbons (Fsp3) is 0.938. The zero-order valence-electron chi connectivity index (χ0n) is 12.9. The zero-order valence-corrected chi connectivity index (χ0v) is 12.9. The molecule has 4 aliphatic rings. The Kier molecular flexibility index (Phi) is 2.80. The van der Waals surface area contributed by atoms with Crippen molar-refractivity contribution in [2.45, 2.75) is 72.3 Å². The van der Waals surface area contributed by atoms with Crippen molar-refractivity contribution >= 4 is 5.84 Å². The number of amidine groups is 1. The second-order valence-corrected chi connectivity index (χ2v) is 8.63. The van der Waals surface area contributed by atoms with Crippen molar-refractivity contribution in [3.8, 4) is 0 Å². The van der Waals surface area contributed by atoms with Crippen LogP contribution in [0.4, 0.5) is 0 Å². The lowest BCUT2D eigenvalue weighted by atomic mass is 9.40. The first kappa shape index (κ1) is 13.4. The molecule has 4 saturated carbocycles. The van der Waals surface area contributed by atoms with E-state index in [1.165, 1.54) is 38.5 Å². The molecule has 19 heavy (non-hydrogen) atoms. The molecule has 0 aromatic rings. The van der Waals surface area contributed by atoms with Gasteiger partial charge in [-0.15, -0.1) is 0 Å². The Morgan fingerprint density at radius 1 is 1.11 bits per heavy atom. The van der Waals surface area contributed by atoms with E-state index in [9.17, 15) is 0 Å². The third-order valence-electron chi connectivity index (χ3n) is 5.65. The zero-order chi connectivity index (χ0) is 13.9. The molecule has 0 aliphatic heterocycles. The quantitative estimate of drug-likeness (QED) is 0.348. The molecule has 4 fully saturated rings. The summed E-state index contributed by atoms with van der Waals surface area (Å²) in [6.07, 6.45) is 8.10. The van der Waals surface area contributed by atoms with Gasteiger partial charge in [-0.2, -0.15) is 0 Å². The normalized spacial score (nSPS) is 48.9. The summed E-state index contributed by atoms with van der Waals surface area (Å²) in [5, 5.41) is 0. The van der Waals surface area contributed by atoms with Gasteiger partial charge >= 0.3 is 0 Å². The van der Waals surface area contributed by atoms with E-state index < -0.39 is 0 Å². The number of nitrogens with one attached hydrogen (secondary N) is 1. The minimum atomic E-state index is 0.238. The minimum absolute atomic E-state index is 0.238. The summed E-state index contributed by atoms with van der Waals surface area (Å²) in [7, 11) is 0. The lowest BCUT2D eigenvalue weighted by Crippen LogP contribution is -2.60. The summed E-state index contributed by atoms with van der Waals surface area (Å²) in [5.74, 6) is 7.82. The van der Waals surface area contributed by atoms with Gasteiger partial charge < -0.3 is 5.43 Å². The van der Waals surface area contributed by atoms with Crippen molar-refractivity contribution in [2.75, 3.05) is 0 Å². The minimum Gasteiger partial charge on any atom is -0.312 e. The van der Waals surface area contributed by atoms with Crippen molar-refractivity contribution in [3.05, 3.63) is 0 Å². The second-order valence-electron chi connectivity index (χ2n) is 8.63. The number of rotatable bonds is 2. The van der Waals surface area contributed by atoms with Crippen LogP contribution in [0.1, 0.15) is 66.2 Å². The van der Waals surface area contributed by atoms with Crippen LogP contribution < -0.4 is 11.3 Å². The molecule has 0 aromatic carbocycles. The molecule has 108 valence electrons. The monoisotopic (exact) mass is 263 g/mol. The van der Waals surface area contributed by atoms with Crippen molar-refractivity contribution in [1.82, 2.24) is 5.43 Å². The summed E-state index contributed by atoms with van der Waals surface area (Å²) in [6.45, 7) is 9.27. The van der Waals surface area contributed by atoms with Gasteiger partial charge in [-0.05, 0) is 69.1 Å². The molecule has 0 radical (unpaired) electrons. The first-order valence-corrected chi connectivity index (χ1v) is 7.83. The maximum atomic E-state index is 5.85. The lowest BCUT2D eigenvalue weighted by molar-refractivity contribution is -0.117. The van der Waals surface area contributed by atoms with E-state index >= 15 is 0 Å². The van der Waals surface area contributed by atoms with E-state index in [4.69, 9.17) is 10.8 Å². The van der Waals surface area contributed by atoms with Crippen LogP contribution >= 0.6 is 0 Å². The van der Waals surface area contributed by atoms with E-state index in [0.29, 0.717) is 16.9 Å². The molecule has 3 nitrogen and oxygen atoms in total. The van der Waals surface area contributed by atoms with Gasteiger partial charge in [-0.3, -0.25) is 4.99 Å². The van der Waals surface area contributed by atoms with Crippen LogP contribution in [0.15, 0.2) is 4.99 Å². The van der Waals surface area contributed by atoms with E-state index in [0.717, 1.165) is 11.8 Å². The Hall–Kier alpha value is -0.570. The van der Waals surface area contributed by atoms with Gasteiger partial charge in [-0.1, -0.05) is 13.8 Å². The Morgan fingerprint density at radius 3 is 2.11 bits per heavy atom. The van der Waals surface area contributed by atoms with Gasteiger partial charge in [0.25, 0.3) is 0 Å². The van der Waals surface area contributed by atoms with Crippen LogP contribution in [0.2, 0.25) is 0 Å². The van der Waals surface area contributed by atoms with Gasteiger partial charge in [0.15, 0.2) is 0 Å². The molecule has 4 aliphatic carbocycles. The van der Waals surface area contributed by atoms with Crippen molar-refractivity contribution < 1.29 is 0 Å². The topological polar surface area (TPSA) is 50.4 Å². The molecule has 0 spiro atoms. The van der Waals surface area contributed by atoms with Gasteiger partial charge in [0, 0.05) is 11.5 Å². The molecular weight excluding hydrogens is 234 g/mol. The smallest absolute Gasteiger partial charge is 0.117 e. The number of hydrogen-bond acceptors (Lipinski definition) is 2. The van der Waals surface area contributed by atoms with E-state index in [2.05, 4.69) is 33.1 Å². The summed E-state index contributed by atoms with van der Waals surface area (Å²) in [6, 6.07) is 0.319. The predicted molar refractivity (Wildman–Crippen MR) is 79.7 cm³/mol. The van der Waals surface area contributed by atoms with E-state index in [1.807, 2.05) is 0 Å². The molecule has 3 N–H and O–H groups in total. The highest BCUT2D eigenvalue weighted by atomic mass is 15.3. The molecular formula is C16H29N3. The van der Waals surface area contributed by atoms with Gasteiger partial charge in [0.1, 0.15) is 5.84 Å². The van der Waals surface area contributed by atoms with Gasteiger partial charge in [0.2, 0.25) is 0 Å². The fourth-order valence-corrected chi connectivity index (χ4v) is 6.30. The Labute approximate surface area is 117 Å². The van der Waals surface area contributed by atoms with Crippen LogP contribution in [0.5, 0.6) is 0 Å². The van der Waals surface area contributed by atoms with Crippen molar-refractivity contribution in [3.63, 3.8) is 0 Å². The average Bonchev–Trinajstić information content (AvgIpc) is 2.20. The summed E-state index contributed by atoms with van der Waals surface area (Å²) < 4.78 is 0. The Bertz CT molecular complexity index is 394. The molecule has 0 aromatic heterocycles. The molecule has 0 amide bonds. The standard InChI is InChI=1S/C16H29N3/c1-11(2)18-13(19-17)16-7-12-5-14(3,9-16)8-15(4,6-12)10-16/h11-12H,5-10,17H2,1-4H3,(H,18,19). The predicted octanol–water partition coefficient (Wildman–Crippen LogP) is 3.25. The lowest BCUT2D eigenvalue weighted by Gasteiger charge is -2.65. The highest BCUT2D eigenvalue weighted by molar-refractivity contribution is 5.88. The molecule has 4 rings (SSSR count). The maximum absolute atomic E-state index is 5.85. The first-order chi connectivity index (χ1) is 8.78. The van der Waals surface area contributed by atoms with Crippen molar-refractivity contribution in [1.29, 1.82) is 0 Å². The number of nitrogens with two attached hydrogens (primary N) is 1. The Balaban J connectivity index is 2.00. The van der Waals surface area contributed by atoms with Crippen LogP contribution in [0.25, 0.3) is 0 Å². The van der Waals surface area contributed by atoms with Gasteiger partial charge in [-0.25, -0.2) is 5.84 Å². The molecule has 2 atom stereocenters. The summed E-state index contributed by atoms with van der Waals surface area (Å²) in [4.78, 5) is 4.83. The molecule has 4 bridgehead atoms. The SMILES string of the molecule is CC(C)N=C(NN)C12CC3CC(C)(CC(C)(C3)C1)C2. The van der Waals surface area contributed by atoms with E-state index in [-0.39, 0.29) is 5.41 Å². The second kappa shape index (κ2) is 3.97. The third kappa shape index (κ3) is 2.10. The molecule has 3 heteroatoms. The summed E-state index contributed by atoms with van der Waals surface area (Å²) >= 11 is 0. The van der Waals surface area contributed by atoms with Crippen LogP contribution in [-0.4, -0.2) is 11.9 Å². The number of hydrazine groups is 1. The number of nitrogens with zero attached hydrogens (tertiary/aromatic N) is 1. The third-order valence-corrected chi connectivity index (χ3v) is 5.65. The Morgan fingerprint density at radius 2 is 1.68 bits per heavy atom. The van der Waals surface area contributed by atoms with Crippen molar-refractivity contribution in [2.24, 2.45) is 33.0 Å². The molecule has 0 heterocycles. The van der Waals surface area contributed by atoms with Crippen LogP contribution in [-0.2, 0) is 0 Å². The van der Waals surface area contributed by atoms with Gasteiger partial charge in [0.05, 0.1) is 0 Å². The number of hydrogen-bond donors (Lipinski definition) is 2. The first-order valence-electron chi connectivity index (χ1n) is 7.83. The average molecular weight is 263 g/mol. The largest absolute Gasteiger partial charge is 0.312 e. The molecule has 2 unspecified atom stereocenters. The highest BCUT2D eigenvalue weighted by Crippen LogP contribution is 2.69. The highest BCUT2D eigenvalue weighted by Gasteiger charge is 2.61. The van der Waals surface area contributed by atoms with Crippen LogP contribution in [0.3, 0.4) is 0 Å². The number of aliphatic imine (C=N–C) groups is 1. The maximum Gasteiger partial charge on any atom is 0.117 e. The molecule has 0 saturated heterocycles. The van der Waals surface area contributed by atoms with Crippen LogP contribution in [0, 0.1) is 22.2 Å². The van der Waals surface area contributed by atoms with E-state index in [1.54, 1.807) is 0 Å². The fourth-order valence-electron chi connectivity index (χ4n) is 6.30.